The van der Waals surface area contributed by atoms with Crippen LogP contribution >= 0.6 is 0 Å². The molecule has 0 aliphatic rings. The zero-order chi connectivity index (χ0) is 16.3. The van der Waals surface area contributed by atoms with Gasteiger partial charge in [0, 0.05) is 0 Å². The lowest BCUT2D eigenvalue weighted by molar-refractivity contribution is -0.145. The highest BCUT2D eigenvalue weighted by Crippen LogP contribution is 1.91. The zero-order valence-corrected chi connectivity index (χ0v) is 10.4. The molecule has 0 saturated carbocycles. The van der Waals surface area contributed by atoms with Gasteiger partial charge in [-0.15, -0.1) is 0 Å². The second-order valence-corrected chi connectivity index (χ2v) is 3.40. The van der Waals surface area contributed by atoms with E-state index in [2.05, 4.69) is 11.9 Å². The Labute approximate surface area is 113 Å². The molecule has 0 fully saturated rings. The highest BCUT2D eigenvalue weighted by atomic mass is 16.4. The van der Waals surface area contributed by atoms with Crippen molar-refractivity contribution in [2.45, 2.75) is 24.9 Å². The van der Waals surface area contributed by atoms with Gasteiger partial charge in [0.05, 0.1) is 12.8 Å². The normalized spacial score (nSPS) is 12.1. The molecule has 0 radical (unpaired) electrons. The predicted molar refractivity (Wildman–Crippen MR) is 64.9 cm³/mol. The largest absolute Gasteiger partial charge is 0.481 e. The molecule has 114 valence electrons. The maximum Gasteiger partial charge on any atom is 0.326 e. The number of rotatable bonds is 8. The second-order valence-electron chi connectivity index (χ2n) is 3.40. The minimum atomic E-state index is -1.29. The van der Waals surface area contributed by atoms with Gasteiger partial charge < -0.3 is 31.5 Å². The maximum absolute atomic E-state index is 10.3. The van der Waals surface area contributed by atoms with Gasteiger partial charge in [-0.3, -0.25) is 14.4 Å². The van der Waals surface area contributed by atoms with Crippen LogP contribution in [0, 0.1) is 0 Å². The Balaban J connectivity index is 0. The number of nitrogens with two attached hydrogens (primary N) is 1. The molecule has 2 unspecified atom stereocenters. The molecule has 0 aliphatic heterocycles. The third-order valence-electron chi connectivity index (χ3n) is 1.71. The van der Waals surface area contributed by atoms with Crippen molar-refractivity contribution < 1.29 is 39.6 Å². The third-order valence-corrected chi connectivity index (χ3v) is 1.71. The summed E-state index contributed by atoms with van der Waals surface area (Å²) in [6, 6.07) is -2.38. The second kappa shape index (κ2) is 10.3. The molecule has 0 aromatic rings. The lowest BCUT2D eigenvalue weighted by Crippen LogP contribution is -2.35. The fourth-order valence-electron chi connectivity index (χ4n) is 0.810. The van der Waals surface area contributed by atoms with Crippen LogP contribution in [0.4, 0.5) is 0 Å². The van der Waals surface area contributed by atoms with E-state index in [9.17, 15) is 19.2 Å². The summed E-state index contributed by atoms with van der Waals surface area (Å²) in [5.74, 6) is -4.86. The first-order valence-corrected chi connectivity index (χ1v) is 5.13. The van der Waals surface area contributed by atoms with E-state index in [1.54, 1.807) is 0 Å². The highest BCUT2D eigenvalue weighted by molar-refractivity contribution is 5.81. The summed E-state index contributed by atoms with van der Waals surface area (Å²) in [5.41, 5.74) is 4.84. The van der Waals surface area contributed by atoms with E-state index in [0.717, 1.165) is 6.20 Å². The van der Waals surface area contributed by atoms with Crippen molar-refractivity contribution in [2.75, 3.05) is 0 Å². The Kier molecular flexibility index (Phi) is 10.2. The van der Waals surface area contributed by atoms with Crippen molar-refractivity contribution in [1.82, 2.24) is 5.32 Å². The molecule has 2 atom stereocenters. The van der Waals surface area contributed by atoms with Crippen molar-refractivity contribution in [3.63, 3.8) is 0 Å². The number of carbonyl (C=O) groups is 4. The number of carboxylic acid groups (broad SMARTS) is 4. The lowest BCUT2D eigenvalue weighted by Gasteiger charge is -2.08. The van der Waals surface area contributed by atoms with E-state index in [4.69, 9.17) is 26.2 Å². The van der Waals surface area contributed by atoms with E-state index >= 15 is 0 Å². The molecule has 20 heavy (non-hydrogen) atoms. The molecule has 0 saturated heterocycles. The van der Waals surface area contributed by atoms with Gasteiger partial charge >= 0.3 is 23.9 Å². The number of hydrogen-bond acceptors (Lipinski definition) is 6. The third kappa shape index (κ3) is 11.9. The minimum absolute atomic E-state index is 0.457. The molecule has 0 aliphatic carbocycles. The Bertz CT molecular complexity index is 381. The van der Waals surface area contributed by atoms with Gasteiger partial charge in [0.25, 0.3) is 0 Å². The van der Waals surface area contributed by atoms with Crippen LogP contribution in [0.3, 0.4) is 0 Å². The van der Waals surface area contributed by atoms with Crippen LogP contribution in [0.1, 0.15) is 12.8 Å². The fourth-order valence-corrected chi connectivity index (χ4v) is 0.810. The smallest absolute Gasteiger partial charge is 0.326 e. The van der Waals surface area contributed by atoms with Gasteiger partial charge in [-0.25, -0.2) is 4.79 Å². The quantitative estimate of drug-likeness (QED) is 0.308. The van der Waals surface area contributed by atoms with Crippen molar-refractivity contribution in [3.05, 3.63) is 12.8 Å². The van der Waals surface area contributed by atoms with E-state index in [1.807, 2.05) is 0 Å². The molecule has 10 heteroatoms. The van der Waals surface area contributed by atoms with Gasteiger partial charge in [-0.05, 0) is 6.20 Å². The van der Waals surface area contributed by atoms with Gasteiger partial charge in [-0.2, -0.15) is 0 Å². The summed E-state index contributed by atoms with van der Waals surface area (Å²) in [6.07, 6.45) is 0.165. The first-order valence-electron chi connectivity index (χ1n) is 5.13. The Morgan fingerprint density at radius 1 is 1.00 bits per heavy atom. The standard InChI is InChI=1S/C6H9NO4.C4H7NO4/c1-2-7-4(6(10)11)3-5(8)9;5-2(4(8)9)1-3(6)7/h2,4,7H,1,3H2,(H,8,9)(H,10,11);2H,1,5H2,(H,6,7)(H,8,9). The Morgan fingerprint density at radius 2 is 1.45 bits per heavy atom. The Morgan fingerprint density at radius 3 is 1.65 bits per heavy atom. The van der Waals surface area contributed by atoms with E-state index < -0.39 is 48.8 Å². The predicted octanol–water partition coefficient (Wildman–Crippen LogP) is -1.48. The Hall–Kier alpha value is -2.62. The van der Waals surface area contributed by atoms with Gasteiger partial charge in [0.15, 0.2) is 0 Å². The van der Waals surface area contributed by atoms with Gasteiger partial charge in [-0.1, -0.05) is 6.58 Å². The summed E-state index contributed by atoms with van der Waals surface area (Å²) >= 11 is 0. The first-order chi connectivity index (χ1) is 9.11. The molecular weight excluding hydrogens is 276 g/mol. The molecule has 0 heterocycles. The molecular formula is C10H16N2O8. The topological polar surface area (TPSA) is 187 Å². The molecule has 0 aromatic heterocycles. The molecule has 10 nitrogen and oxygen atoms in total. The van der Waals surface area contributed by atoms with E-state index in [-0.39, 0.29) is 0 Å². The van der Waals surface area contributed by atoms with E-state index in [1.165, 1.54) is 0 Å². The van der Waals surface area contributed by atoms with Crippen molar-refractivity contribution in [3.8, 4) is 0 Å². The monoisotopic (exact) mass is 292 g/mol. The molecule has 0 amide bonds. The van der Waals surface area contributed by atoms with Crippen LogP contribution in [-0.4, -0.2) is 56.4 Å². The van der Waals surface area contributed by atoms with Crippen LogP contribution < -0.4 is 11.1 Å². The summed E-state index contributed by atoms with van der Waals surface area (Å²) in [7, 11) is 0. The summed E-state index contributed by atoms with van der Waals surface area (Å²) < 4.78 is 0. The van der Waals surface area contributed by atoms with Crippen molar-refractivity contribution in [1.29, 1.82) is 0 Å². The maximum atomic E-state index is 10.3. The van der Waals surface area contributed by atoms with Crippen molar-refractivity contribution >= 4 is 23.9 Å². The average Bonchev–Trinajstić information content (AvgIpc) is 2.27. The van der Waals surface area contributed by atoms with Gasteiger partial charge in [0.2, 0.25) is 0 Å². The first kappa shape index (κ1) is 19.7. The number of hydrogen-bond donors (Lipinski definition) is 6. The van der Waals surface area contributed by atoms with Crippen LogP contribution in [0.25, 0.3) is 0 Å². The minimum Gasteiger partial charge on any atom is -0.481 e. The SMILES string of the molecule is C=CNC(CC(=O)O)C(=O)O.NC(CC(=O)O)C(=O)O. The summed E-state index contributed by atoms with van der Waals surface area (Å²) in [6.45, 7) is 3.22. The number of aliphatic carboxylic acids is 4. The number of nitrogens with one attached hydrogen (secondary N) is 1. The van der Waals surface area contributed by atoms with Crippen LogP contribution in [0.2, 0.25) is 0 Å². The van der Waals surface area contributed by atoms with Crippen molar-refractivity contribution in [2.24, 2.45) is 5.73 Å². The summed E-state index contributed by atoms with van der Waals surface area (Å²) in [5, 5.41) is 34.9. The van der Waals surface area contributed by atoms with Crippen LogP contribution in [0.15, 0.2) is 12.8 Å². The summed E-state index contributed by atoms with van der Waals surface area (Å²) in [4.78, 5) is 39.9. The molecule has 0 aromatic carbocycles. The fraction of sp³-hybridized carbons (Fsp3) is 0.400. The van der Waals surface area contributed by atoms with E-state index in [0.29, 0.717) is 0 Å². The highest BCUT2D eigenvalue weighted by Gasteiger charge is 2.18. The lowest BCUT2D eigenvalue weighted by atomic mass is 10.2. The van der Waals surface area contributed by atoms with Crippen LogP contribution in [-0.2, 0) is 19.2 Å². The molecule has 0 bridgehead atoms. The number of carboxylic acids is 4. The molecule has 0 spiro atoms. The van der Waals surface area contributed by atoms with Gasteiger partial charge in [0.1, 0.15) is 12.1 Å². The average molecular weight is 292 g/mol. The molecule has 7 N–H and O–H groups in total. The molecule has 0 rings (SSSR count). The van der Waals surface area contributed by atoms with Crippen LogP contribution in [0.5, 0.6) is 0 Å². The zero-order valence-electron chi connectivity index (χ0n) is 10.4.